The van der Waals surface area contributed by atoms with Crippen LogP contribution in [0.4, 0.5) is 0 Å². The minimum atomic E-state index is -4.36. The third-order valence-electron chi connectivity index (χ3n) is 2.78. The van der Waals surface area contributed by atoms with Crippen molar-refractivity contribution in [2.24, 2.45) is 11.5 Å². The molecule has 0 aromatic rings. The van der Waals surface area contributed by atoms with Crippen LogP contribution >= 0.6 is 0 Å². The Morgan fingerprint density at radius 3 is 2.19 bits per heavy atom. The topological polar surface area (TPSA) is 198 Å². The molecule has 0 saturated heterocycles. The zero-order chi connectivity index (χ0) is 20.8. The maximum Gasteiger partial charge on any atom is 1.00 e. The Labute approximate surface area is 183 Å². The van der Waals surface area contributed by atoms with Crippen LogP contribution in [-0.2, 0) is 24.2 Å². The van der Waals surface area contributed by atoms with Gasteiger partial charge in [-0.25, -0.2) is 4.18 Å². The smallest absolute Gasteiger partial charge is 1.00 e. The Kier molecular flexibility index (Phi) is 17.9. The molecule has 0 heterocycles. The van der Waals surface area contributed by atoms with E-state index < -0.39 is 21.8 Å². The number of nitrogens with one attached hydrogen (secondary N) is 3. The third-order valence-corrected chi connectivity index (χ3v) is 3.24. The first-order chi connectivity index (χ1) is 11.8. The van der Waals surface area contributed by atoms with Crippen LogP contribution in [0.2, 0.25) is 0 Å². The maximum atomic E-state index is 11.9. The number of hydrogen-bond donors (Lipinski definition) is 6. The largest absolute Gasteiger partial charge is 1.00 e. The number of carbonyl (C=O) groups is 2. The third kappa shape index (κ3) is 22.8. The van der Waals surface area contributed by atoms with Gasteiger partial charge in [0.1, 0.15) is 5.54 Å². The first kappa shape index (κ1) is 30.5. The summed E-state index contributed by atoms with van der Waals surface area (Å²) >= 11 is 0. The molecule has 0 aliphatic rings. The molecular weight excluding hydrogens is 389 g/mol. The molecule has 0 atom stereocenters. The zero-order valence-electron chi connectivity index (χ0n) is 17.1. The molecule has 13 heteroatoms. The number of guanidine groups is 1. The number of rotatable bonds is 11. The molecule has 154 valence electrons. The molecule has 11 nitrogen and oxygen atoms in total. The number of unbranched alkanes of at least 4 members (excludes halogenated alkanes) is 3. The first-order valence-electron chi connectivity index (χ1n) is 7.76. The molecular formula is C14H30N5NaO6S. The van der Waals surface area contributed by atoms with E-state index in [9.17, 15) is 18.0 Å². The Morgan fingerprint density at radius 1 is 1.26 bits per heavy atom. The summed E-state index contributed by atoms with van der Waals surface area (Å²) in [6.45, 7) is 6.90. The number of amides is 2. The van der Waals surface area contributed by atoms with E-state index in [0.717, 1.165) is 12.5 Å². The molecule has 2 amide bonds. The van der Waals surface area contributed by atoms with Crippen molar-refractivity contribution in [1.29, 1.82) is 5.41 Å². The quantitative estimate of drug-likeness (QED) is 0.0495. The van der Waals surface area contributed by atoms with Gasteiger partial charge in [0, 0.05) is 6.54 Å². The predicted molar refractivity (Wildman–Crippen MR) is 98.6 cm³/mol. The summed E-state index contributed by atoms with van der Waals surface area (Å²) in [5.41, 5.74) is 7.93. The van der Waals surface area contributed by atoms with Crippen LogP contribution in [0.25, 0.3) is 0 Å². The second kappa shape index (κ2) is 15.8. The maximum absolute atomic E-state index is 11.9. The fraction of sp³-hybridized carbons (Fsp3) is 0.643. The van der Waals surface area contributed by atoms with Crippen molar-refractivity contribution in [3.8, 4) is 0 Å². The van der Waals surface area contributed by atoms with Gasteiger partial charge in [0.2, 0.25) is 11.8 Å². The number of nitrogens with two attached hydrogens (primary N) is 2. The fourth-order valence-corrected chi connectivity index (χ4v) is 1.91. The summed E-state index contributed by atoms with van der Waals surface area (Å²) in [5, 5.41) is 11.3. The summed E-state index contributed by atoms with van der Waals surface area (Å²) in [5.74, 6) is -1.05. The van der Waals surface area contributed by atoms with Crippen molar-refractivity contribution in [1.82, 2.24) is 10.6 Å². The molecule has 0 unspecified atom stereocenters. The Bertz CT molecular complexity index is 585. The molecule has 0 spiro atoms. The van der Waals surface area contributed by atoms with Crippen LogP contribution in [0.1, 0.15) is 41.0 Å². The van der Waals surface area contributed by atoms with Gasteiger partial charge >= 0.3 is 40.0 Å². The van der Waals surface area contributed by atoms with Gasteiger partial charge < -0.3 is 23.5 Å². The summed E-state index contributed by atoms with van der Waals surface area (Å²) in [6.07, 6.45) is 3.79. The van der Waals surface area contributed by atoms with Gasteiger partial charge in [0.05, 0.1) is 6.61 Å². The van der Waals surface area contributed by atoms with Gasteiger partial charge in [-0.2, -0.15) is 8.42 Å². The van der Waals surface area contributed by atoms with Crippen LogP contribution < -0.4 is 51.7 Å². The Hall–Kier alpha value is -1.18. The Balaban J connectivity index is -0.000000435. The second-order valence-electron chi connectivity index (χ2n) is 5.69. The van der Waals surface area contributed by atoms with Crippen LogP contribution in [0.15, 0.2) is 12.7 Å². The summed E-state index contributed by atoms with van der Waals surface area (Å²) in [6, 6.07) is 0. The molecule has 0 aliphatic carbocycles. The SMILES string of the molecule is C=CC(=O)NC(C)(C)C(=O)NCCCCCCOS(=O)(=O)O.N=C(N)N.[H-].[Na+]. The molecule has 0 rings (SSSR count). The van der Waals surface area contributed by atoms with E-state index in [4.69, 9.17) is 9.96 Å². The van der Waals surface area contributed by atoms with E-state index in [1.54, 1.807) is 13.8 Å². The first-order valence-corrected chi connectivity index (χ1v) is 9.12. The van der Waals surface area contributed by atoms with E-state index in [0.29, 0.717) is 25.8 Å². The van der Waals surface area contributed by atoms with E-state index in [2.05, 4.69) is 32.9 Å². The van der Waals surface area contributed by atoms with Gasteiger partial charge in [-0.1, -0.05) is 19.4 Å². The average molecular weight is 419 g/mol. The monoisotopic (exact) mass is 419 g/mol. The standard InChI is InChI=1S/C13H24N2O6S.CH5N3.Na.H/c1-4-11(16)15-13(2,3)12(17)14-9-7-5-6-8-10-21-22(18,19)20;2-1(3)4;;/h4H,1,5-10H2,2-3H3,(H,14,17)(H,15,16)(H,18,19,20);(H5,2,3,4);;/q;;+1;-1. The number of carbonyl (C=O) groups excluding carboxylic acids is 2. The Morgan fingerprint density at radius 2 is 1.74 bits per heavy atom. The van der Waals surface area contributed by atoms with Crippen molar-refractivity contribution >= 4 is 28.2 Å². The van der Waals surface area contributed by atoms with Crippen LogP contribution in [0.5, 0.6) is 0 Å². The van der Waals surface area contributed by atoms with Gasteiger partial charge in [0.15, 0.2) is 5.96 Å². The molecule has 0 aliphatic heterocycles. The molecule has 0 aromatic carbocycles. The van der Waals surface area contributed by atoms with Crippen molar-refractivity contribution in [3.63, 3.8) is 0 Å². The second-order valence-corrected chi connectivity index (χ2v) is 6.78. The van der Waals surface area contributed by atoms with Gasteiger partial charge in [0.25, 0.3) is 0 Å². The van der Waals surface area contributed by atoms with Gasteiger partial charge in [-0.3, -0.25) is 19.6 Å². The molecule has 0 aromatic heterocycles. The van der Waals surface area contributed by atoms with E-state index in [1.807, 2.05) is 0 Å². The molecule has 8 N–H and O–H groups in total. The molecule has 0 fully saturated rings. The molecule has 0 bridgehead atoms. The minimum absolute atomic E-state index is 0. The molecule has 0 radical (unpaired) electrons. The van der Waals surface area contributed by atoms with E-state index in [-0.39, 0.29) is 49.5 Å². The van der Waals surface area contributed by atoms with Gasteiger partial charge in [-0.05, 0) is 32.8 Å². The van der Waals surface area contributed by atoms with Crippen molar-refractivity contribution in [2.45, 2.75) is 45.1 Å². The molecule has 27 heavy (non-hydrogen) atoms. The fourth-order valence-electron chi connectivity index (χ4n) is 1.58. The van der Waals surface area contributed by atoms with Crippen LogP contribution in [0.3, 0.4) is 0 Å². The average Bonchev–Trinajstić information content (AvgIpc) is 2.47. The normalized spacial score (nSPS) is 10.5. The van der Waals surface area contributed by atoms with Crippen molar-refractivity contribution in [3.05, 3.63) is 12.7 Å². The van der Waals surface area contributed by atoms with E-state index >= 15 is 0 Å². The molecule has 0 saturated carbocycles. The van der Waals surface area contributed by atoms with E-state index in [1.165, 1.54) is 0 Å². The van der Waals surface area contributed by atoms with Crippen molar-refractivity contribution < 1.29 is 57.7 Å². The van der Waals surface area contributed by atoms with Crippen molar-refractivity contribution in [2.75, 3.05) is 13.2 Å². The summed E-state index contributed by atoms with van der Waals surface area (Å²) < 4.78 is 33.1. The number of hydrogen-bond acceptors (Lipinski definition) is 6. The van der Waals surface area contributed by atoms with Gasteiger partial charge in [-0.15, -0.1) is 0 Å². The summed E-state index contributed by atoms with van der Waals surface area (Å²) in [7, 11) is -4.36. The van der Waals surface area contributed by atoms with Crippen LogP contribution in [-0.4, -0.2) is 49.4 Å². The van der Waals surface area contributed by atoms with Crippen LogP contribution in [0, 0.1) is 5.41 Å². The minimum Gasteiger partial charge on any atom is -1.00 e. The summed E-state index contributed by atoms with van der Waals surface area (Å²) in [4.78, 5) is 23.1. The predicted octanol–water partition coefficient (Wildman–Crippen LogP) is -3.48. The zero-order valence-corrected chi connectivity index (χ0v) is 18.9.